The number of carbonyl (C=O) groups is 2. The van der Waals surface area contributed by atoms with Crippen molar-refractivity contribution >= 4 is 11.8 Å². The number of methoxy groups -OCH3 is 1. The normalized spacial score (nSPS) is 44.2. The minimum Gasteiger partial charge on any atom is -0.469 e. The number of ether oxygens (including phenoxy) is 1. The third-order valence-electron chi connectivity index (χ3n) is 8.62. The fraction of sp³-hybridized carbons (Fsp3) is 0.739. The average Bonchev–Trinajstić information content (AvgIpc) is 2.94. The van der Waals surface area contributed by atoms with E-state index in [2.05, 4.69) is 12.8 Å². The lowest BCUT2D eigenvalue weighted by Crippen LogP contribution is -2.50. The number of ketones is 1. The van der Waals surface area contributed by atoms with Gasteiger partial charge in [0.1, 0.15) is 0 Å². The molecule has 4 aliphatic rings. The van der Waals surface area contributed by atoms with Crippen LogP contribution in [0.2, 0.25) is 0 Å². The Kier molecular flexibility index (Phi) is 4.29. The lowest BCUT2D eigenvalue weighted by molar-refractivity contribution is -0.145. The topological polar surface area (TPSA) is 43.4 Å². The van der Waals surface area contributed by atoms with Crippen molar-refractivity contribution in [1.82, 2.24) is 0 Å². The number of hydrogen-bond donors (Lipinski definition) is 0. The van der Waals surface area contributed by atoms with Crippen LogP contribution in [0.15, 0.2) is 11.6 Å². The minimum atomic E-state index is -0.353. The van der Waals surface area contributed by atoms with Crippen molar-refractivity contribution in [2.24, 2.45) is 34.5 Å². The van der Waals surface area contributed by atoms with Crippen LogP contribution in [0.4, 0.5) is 0 Å². The number of fused-ring (bicyclic) bond motifs is 5. The highest BCUT2D eigenvalue weighted by Crippen LogP contribution is 2.68. The minimum absolute atomic E-state index is 0.0306. The Morgan fingerprint density at radius 2 is 2.04 bits per heavy atom. The van der Waals surface area contributed by atoms with E-state index in [-0.39, 0.29) is 16.8 Å². The number of carbonyl (C=O) groups excluding carboxylic acids is 2. The van der Waals surface area contributed by atoms with Crippen LogP contribution in [0.1, 0.15) is 64.7 Å². The summed E-state index contributed by atoms with van der Waals surface area (Å²) in [7, 11) is 1.46. The second-order valence-electron chi connectivity index (χ2n) is 9.28. The van der Waals surface area contributed by atoms with Gasteiger partial charge in [-0.15, -0.1) is 6.42 Å². The maximum atomic E-state index is 12.1. The molecule has 0 spiro atoms. The summed E-state index contributed by atoms with van der Waals surface area (Å²) in [5.74, 6) is 5.83. The maximum Gasteiger partial charge on any atom is 0.307 e. The summed E-state index contributed by atoms with van der Waals surface area (Å²) in [6.45, 7) is 2.35. The van der Waals surface area contributed by atoms with Gasteiger partial charge in [-0.1, -0.05) is 18.4 Å². The van der Waals surface area contributed by atoms with Crippen LogP contribution < -0.4 is 0 Å². The van der Waals surface area contributed by atoms with Gasteiger partial charge in [-0.3, -0.25) is 9.59 Å². The lowest BCUT2D eigenvalue weighted by Gasteiger charge is -2.55. The largest absolute Gasteiger partial charge is 0.469 e. The molecule has 0 aromatic rings. The highest BCUT2D eigenvalue weighted by Gasteiger charge is 2.62. The van der Waals surface area contributed by atoms with E-state index < -0.39 is 0 Å². The van der Waals surface area contributed by atoms with E-state index in [1.165, 1.54) is 25.5 Å². The fourth-order valence-corrected chi connectivity index (χ4v) is 7.21. The van der Waals surface area contributed by atoms with Crippen molar-refractivity contribution in [2.75, 3.05) is 7.11 Å². The van der Waals surface area contributed by atoms with Crippen molar-refractivity contribution in [3.63, 3.8) is 0 Å². The zero-order valence-electron chi connectivity index (χ0n) is 16.1. The molecule has 0 radical (unpaired) electrons. The van der Waals surface area contributed by atoms with Gasteiger partial charge >= 0.3 is 5.97 Å². The Morgan fingerprint density at radius 1 is 1.23 bits per heavy atom. The molecule has 0 aromatic heterocycles. The smallest absolute Gasteiger partial charge is 0.307 e. The molecule has 0 bridgehead atoms. The molecule has 4 rings (SSSR count). The zero-order valence-corrected chi connectivity index (χ0v) is 16.1. The molecule has 3 nitrogen and oxygen atoms in total. The van der Waals surface area contributed by atoms with Crippen molar-refractivity contribution in [1.29, 1.82) is 0 Å². The first kappa shape index (κ1) is 17.8. The lowest BCUT2D eigenvalue weighted by atomic mass is 9.48. The summed E-state index contributed by atoms with van der Waals surface area (Å²) >= 11 is 0. The van der Waals surface area contributed by atoms with Crippen LogP contribution >= 0.6 is 0 Å². The Morgan fingerprint density at radius 3 is 2.77 bits per heavy atom. The van der Waals surface area contributed by atoms with Crippen LogP contribution in [0.5, 0.6) is 0 Å². The predicted molar refractivity (Wildman–Crippen MR) is 100.0 cm³/mol. The van der Waals surface area contributed by atoms with E-state index in [0.29, 0.717) is 35.9 Å². The van der Waals surface area contributed by atoms with Crippen LogP contribution in [-0.2, 0) is 14.3 Å². The van der Waals surface area contributed by atoms with Gasteiger partial charge in [0.15, 0.2) is 5.78 Å². The first-order chi connectivity index (χ1) is 12.4. The second kappa shape index (κ2) is 6.25. The average molecular weight is 354 g/mol. The van der Waals surface area contributed by atoms with E-state index >= 15 is 0 Å². The number of allylic oxidation sites excluding steroid dienone is 1. The predicted octanol–water partition coefficient (Wildman–Crippen LogP) is 4.31. The number of esters is 1. The highest BCUT2D eigenvalue weighted by molar-refractivity contribution is 5.91. The SMILES string of the molecule is C#C[C@@]1(CC(=O)OC)CCC2C3CCC4=CC(=O)CCC4C3CC[C@@]21C. The van der Waals surface area contributed by atoms with Crippen LogP contribution in [0.25, 0.3) is 0 Å². The molecule has 3 heteroatoms. The monoisotopic (exact) mass is 354 g/mol. The number of hydrogen-bond acceptors (Lipinski definition) is 3. The third kappa shape index (κ3) is 2.41. The van der Waals surface area contributed by atoms with Gasteiger partial charge in [0.2, 0.25) is 0 Å². The van der Waals surface area contributed by atoms with Crippen molar-refractivity contribution in [3.8, 4) is 12.3 Å². The van der Waals surface area contributed by atoms with E-state index in [4.69, 9.17) is 11.2 Å². The molecule has 4 aliphatic carbocycles. The molecule has 0 amide bonds. The highest BCUT2D eigenvalue weighted by atomic mass is 16.5. The zero-order chi connectivity index (χ0) is 18.5. The van der Waals surface area contributed by atoms with Gasteiger partial charge in [-0.25, -0.2) is 0 Å². The van der Waals surface area contributed by atoms with Gasteiger partial charge in [-0.2, -0.15) is 0 Å². The quantitative estimate of drug-likeness (QED) is 0.548. The molecule has 0 heterocycles. The molecular weight excluding hydrogens is 324 g/mol. The molecular formula is C23H30O3. The fourth-order valence-electron chi connectivity index (χ4n) is 7.21. The van der Waals surface area contributed by atoms with Crippen molar-refractivity contribution < 1.29 is 14.3 Å². The third-order valence-corrected chi connectivity index (χ3v) is 8.62. The second-order valence-corrected chi connectivity index (χ2v) is 9.28. The summed E-state index contributed by atoms with van der Waals surface area (Å²) < 4.78 is 4.98. The number of terminal acetylenes is 1. The molecule has 0 N–H and O–H groups in total. The van der Waals surface area contributed by atoms with Gasteiger partial charge in [0.05, 0.1) is 13.5 Å². The molecule has 4 unspecified atom stereocenters. The van der Waals surface area contributed by atoms with Crippen molar-refractivity contribution in [2.45, 2.75) is 64.7 Å². The molecule has 6 atom stereocenters. The van der Waals surface area contributed by atoms with Gasteiger partial charge in [0, 0.05) is 11.8 Å². The summed E-state index contributed by atoms with van der Waals surface area (Å²) in [5, 5.41) is 0. The van der Waals surface area contributed by atoms with E-state index in [1.807, 2.05) is 6.08 Å². The van der Waals surface area contributed by atoms with Gasteiger partial charge < -0.3 is 4.74 Å². The Hall–Kier alpha value is -1.56. The van der Waals surface area contributed by atoms with Gasteiger partial charge in [0.25, 0.3) is 0 Å². The van der Waals surface area contributed by atoms with Crippen LogP contribution in [0, 0.1) is 46.8 Å². The standard InChI is InChI=1S/C23H30O3/c1-4-23(14-21(25)26-3)12-10-20-19-7-5-15-13-16(24)6-8-17(15)18(19)9-11-22(20,23)2/h1,13,17-20H,5-12,14H2,2-3H3/t17?,18?,19?,20?,22-,23-/m0/s1. The Labute approximate surface area is 156 Å². The molecule has 26 heavy (non-hydrogen) atoms. The van der Waals surface area contributed by atoms with E-state index in [0.717, 1.165) is 38.5 Å². The summed E-state index contributed by atoms with van der Waals surface area (Å²) in [5.41, 5.74) is 1.10. The molecule has 0 saturated heterocycles. The molecule has 3 saturated carbocycles. The molecule has 140 valence electrons. The number of rotatable bonds is 2. The molecule has 0 aliphatic heterocycles. The Balaban J connectivity index is 1.62. The maximum absolute atomic E-state index is 12.1. The summed E-state index contributed by atoms with van der Waals surface area (Å²) in [6, 6.07) is 0. The van der Waals surface area contributed by atoms with Gasteiger partial charge in [-0.05, 0) is 80.1 Å². The van der Waals surface area contributed by atoms with E-state index in [9.17, 15) is 9.59 Å². The Bertz CT molecular complexity index is 699. The molecule has 3 fully saturated rings. The van der Waals surface area contributed by atoms with Crippen LogP contribution in [-0.4, -0.2) is 18.9 Å². The van der Waals surface area contributed by atoms with Crippen molar-refractivity contribution in [3.05, 3.63) is 11.6 Å². The summed E-state index contributed by atoms with van der Waals surface area (Å²) in [6.07, 6.45) is 16.7. The van der Waals surface area contributed by atoms with E-state index in [1.54, 1.807) is 0 Å². The van der Waals surface area contributed by atoms with Crippen LogP contribution in [0.3, 0.4) is 0 Å². The summed E-state index contributed by atoms with van der Waals surface area (Å²) in [4.78, 5) is 23.9. The first-order valence-corrected chi connectivity index (χ1v) is 10.2. The first-order valence-electron chi connectivity index (χ1n) is 10.2. The molecule has 0 aromatic carbocycles.